The molecule has 0 bridgehead atoms. The van der Waals surface area contributed by atoms with E-state index in [-0.39, 0.29) is 18.1 Å². The van der Waals surface area contributed by atoms with E-state index in [0.29, 0.717) is 53.0 Å². The van der Waals surface area contributed by atoms with E-state index in [2.05, 4.69) is 0 Å². The quantitative estimate of drug-likeness (QED) is 0.290. The van der Waals surface area contributed by atoms with Crippen LogP contribution in [0.2, 0.25) is 0 Å². The number of hydrogen-bond donors (Lipinski definition) is 1. The summed E-state index contributed by atoms with van der Waals surface area (Å²) in [5.74, 6) is 0.299. The number of anilines is 1. The Labute approximate surface area is 208 Å². The van der Waals surface area contributed by atoms with Crippen LogP contribution in [0.1, 0.15) is 31.0 Å². The predicted molar refractivity (Wildman–Crippen MR) is 133 cm³/mol. The van der Waals surface area contributed by atoms with Gasteiger partial charge in [-0.1, -0.05) is 18.2 Å². The van der Waals surface area contributed by atoms with Crippen molar-refractivity contribution in [3.8, 4) is 23.0 Å². The zero-order chi connectivity index (χ0) is 25.2. The van der Waals surface area contributed by atoms with Crippen molar-refractivity contribution in [3.05, 3.63) is 83.4 Å². The first-order valence-electron chi connectivity index (χ1n) is 11.7. The minimum atomic E-state index is -0.896. The fourth-order valence-electron chi connectivity index (χ4n) is 4.44. The lowest BCUT2D eigenvalue weighted by Crippen LogP contribution is -2.29. The van der Waals surface area contributed by atoms with Gasteiger partial charge in [-0.25, -0.2) is 0 Å². The van der Waals surface area contributed by atoms with Crippen LogP contribution in [0.4, 0.5) is 5.69 Å². The van der Waals surface area contributed by atoms with Gasteiger partial charge in [0.2, 0.25) is 6.79 Å². The van der Waals surface area contributed by atoms with Gasteiger partial charge in [0.25, 0.3) is 11.7 Å². The number of rotatable bonds is 7. The van der Waals surface area contributed by atoms with Crippen LogP contribution in [0.3, 0.4) is 0 Å². The molecule has 1 unspecified atom stereocenters. The maximum Gasteiger partial charge on any atom is 0.300 e. The molecule has 0 spiro atoms. The predicted octanol–water partition coefficient (Wildman–Crippen LogP) is 4.84. The van der Waals surface area contributed by atoms with Gasteiger partial charge in [-0.3, -0.25) is 14.5 Å². The summed E-state index contributed by atoms with van der Waals surface area (Å²) in [7, 11) is 0. The summed E-state index contributed by atoms with van der Waals surface area (Å²) in [4.78, 5) is 28.2. The summed E-state index contributed by atoms with van der Waals surface area (Å²) in [5.41, 5.74) is 1.39. The van der Waals surface area contributed by atoms with Gasteiger partial charge >= 0.3 is 0 Å². The van der Waals surface area contributed by atoms with Gasteiger partial charge in [-0.05, 0) is 61.9 Å². The monoisotopic (exact) mass is 487 g/mol. The van der Waals surface area contributed by atoms with Gasteiger partial charge in [0.1, 0.15) is 17.3 Å². The molecule has 0 aromatic heterocycles. The van der Waals surface area contributed by atoms with E-state index in [1.165, 1.54) is 4.90 Å². The third-order valence-electron chi connectivity index (χ3n) is 5.98. The lowest BCUT2D eigenvalue weighted by molar-refractivity contribution is -0.132. The van der Waals surface area contributed by atoms with E-state index >= 15 is 0 Å². The normalized spacial score (nSPS) is 17.9. The molecule has 8 nitrogen and oxygen atoms in total. The number of ketones is 1. The molecule has 0 radical (unpaired) electrons. The molecule has 8 heteroatoms. The molecular formula is C28H25NO7. The molecule has 2 aliphatic heterocycles. The Balaban J connectivity index is 1.69. The lowest BCUT2D eigenvalue weighted by Gasteiger charge is -2.26. The Bertz CT molecular complexity index is 1360. The highest BCUT2D eigenvalue weighted by Crippen LogP contribution is 2.44. The zero-order valence-corrected chi connectivity index (χ0v) is 19.9. The number of benzene rings is 3. The summed E-state index contributed by atoms with van der Waals surface area (Å²) >= 11 is 0. The number of fused-ring (bicyclic) bond motifs is 1. The lowest BCUT2D eigenvalue weighted by atomic mass is 9.95. The Morgan fingerprint density at radius 1 is 0.917 bits per heavy atom. The van der Waals surface area contributed by atoms with Crippen molar-refractivity contribution in [3.63, 3.8) is 0 Å². The van der Waals surface area contributed by atoms with Crippen LogP contribution in [0.15, 0.2) is 72.3 Å². The minimum Gasteiger partial charge on any atom is -0.507 e. The Kier molecular flexibility index (Phi) is 6.25. The maximum atomic E-state index is 13.4. The standard InChI is InChI=1S/C28H25NO7/c1-3-33-20-9-5-7-17(13-20)25-24(26(30)18-11-12-22-23(14-18)36-16-35-22)27(31)28(32)29(25)19-8-6-10-21(15-19)34-4-2/h5-15,25,30H,3-4,16H2,1-2H3/b26-24-. The van der Waals surface area contributed by atoms with Gasteiger partial charge < -0.3 is 24.1 Å². The van der Waals surface area contributed by atoms with Crippen molar-refractivity contribution in [1.82, 2.24) is 0 Å². The van der Waals surface area contributed by atoms with Crippen molar-refractivity contribution >= 4 is 23.1 Å². The number of carbonyl (C=O) groups excluding carboxylic acids is 2. The third kappa shape index (κ3) is 4.11. The summed E-state index contributed by atoms with van der Waals surface area (Å²) in [5, 5.41) is 11.4. The van der Waals surface area contributed by atoms with E-state index in [1.807, 2.05) is 13.8 Å². The average molecular weight is 488 g/mol. The number of nitrogens with zero attached hydrogens (tertiary/aromatic N) is 1. The molecule has 2 aliphatic rings. The van der Waals surface area contributed by atoms with Crippen molar-refractivity contribution in [2.24, 2.45) is 0 Å². The topological polar surface area (TPSA) is 94.5 Å². The second-order valence-electron chi connectivity index (χ2n) is 8.17. The largest absolute Gasteiger partial charge is 0.507 e. The summed E-state index contributed by atoms with van der Waals surface area (Å²) in [6.07, 6.45) is 0. The van der Waals surface area contributed by atoms with Gasteiger partial charge in [0.05, 0.1) is 24.8 Å². The van der Waals surface area contributed by atoms with Crippen molar-refractivity contribution in [2.45, 2.75) is 19.9 Å². The minimum absolute atomic E-state index is 0.0330. The summed E-state index contributed by atoms with van der Waals surface area (Å²) < 4.78 is 22.1. The molecule has 1 atom stereocenters. The molecule has 3 aromatic carbocycles. The number of aliphatic hydroxyl groups is 1. The number of Topliss-reactive ketones (excluding diaryl/α,β-unsaturated/α-hetero) is 1. The number of carbonyl (C=O) groups is 2. The highest BCUT2D eigenvalue weighted by atomic mass is 16.7. The van der Waals surface area contributed by atoms with Gasteiger partial charge in [0.15, 0.2) is 11.5 Å². The Hall–Kier alpha value is -4.46. The molecule has 3 aromatic rings. The summed E-state index contributed by atoms with van der Waals surface area (Å²) in [6, 6.07) is 18.1. The third-order valence-corrected chi connectivity index (χ3v) is 5.98. The fourth-order valence-corrected chi connectivity index (χ4v) is 4.44. The first-order chi connectivity index (χ1) is 17.5. The molecular weight excluding hydrogens is 462 g/mol. The van der Waals surface area contributed by atoms with Gasteiger partial charge in [-0.2, -0.15) is 0 Å². The van der Waals surface area contributed by atoms with Crippen molar-refractivity contribution in [2.75, 3.05) is 24.9 Å². The first-order valence-corrected chi connectivity index (χ1v) is 11.7. The van der Waals surface area contributed by atoms with Gasteiger partial charge in [-0.15, -0.1) is 0 Å². The van der Waals surface area contributed by atoms with E-state index < -0.39 is 17.7 Å². The van der Waals surface area contributed by atoms with E-state index in [4.69, 9.17) is 18.9 Å². The highest BCUT2D eigenvalue weighted by Gasteiger charge is 2.47. The smallest absolute Gasteiger partial charge is 0.300 e. The molecule has 2 heterocycles. The first kappa shape index (κ1) is 23.3. The molecule has 1 amide bonds. The van der Waals surface area contributed by atoms with Gasteiger partial charge in [0, 0.05) is 17.3 Å². The van der Waals surface area contributed by atoms with Crippen LogP contribution < -0.4 is 23.8 Å². The van der Waals surface area contributed by atoms with Crippen LogP contribution in [0.5, 0.6) is 23.0 Å². The van der Waals surface area contributed by atoms with Crippen LogP contribution in [-0.4, -0.2) is 36.8 Å². The number of aliphatic hydroxyl groups excluding tert-OH is 1. The second kappa shape index (κ2) is 9.65. The molecule has 36 heavy (non-hydrogen) atoms. The molecule has 0 aliphatic carbocycles. The Morgan fingerprint density at radius 3 is 2.36 bits per heavy atom. The Morgan fingerprint density at radius 2 is 1.61 bits per heavy atom. The van der Waals surface area contributed by atoms with Crippen LogP contribution >= 0.6 is 0 Å². The van der Waals surface area contributed by atoms with Crippen LogP contribution in [0.25, 0.3) is 5.76 Å². The SMILES string of the molecule is CCOc1cccc(C2/C(=C(/O)c3ccc4c(c3)OCO4)C(=O)C(=O)N2c2cccc(OCC)c2)c1. The van der Waals surface area contributed by atoms with Crippen molar-refractivity contribution < 1.29 is 33.6 Å². The zero-order valence-electron chi connectivity index (χ0n) is 19.9. The highest BCUT2D eigenvalue weighted by molar-refractivity contribution is 6.51. The molecule has 0 saturated carbocycles. The molecule has 1 saturated heterocycles. The van der Waals surface area contributed by atoms with Crippen LogP contribution in [-0.2, 0) is 9.59 Å². The van der Waals surface area contributed by atoms with E-state index in [1.54, 1.807) is 66.7 Å². The average Bonchev–Trinajstić information content (AvgIpc) is 3.46. The van der Waals surface area contributed by atoms with Crippen molar-refractivity contribution in [1.29, 1.82) is 0 Å². The molecule has 1 N–H and O–H groups in total. The van der Waals surface area contributed by atoms with E-state index in [9.17, 15) is 14.7 Å². The fraction of sp³-hybridized carbons (Fsp3) is 0.214. The molecule has 1 fully saturated rings. The van der Waals surface area contributed by atoms with E-state index in [0.717, 1.165) is 0 Å². The number of hydrogen-bond acceptors (Lipinski definition) is 7. The summed E-state index contributed by atoms with van der Waals surface area (Å²) in [6.45, 7) is 4.72. The second-order valence-corrected chi connectivity index (χ2v) is 8.17. The number of amides is 1. The maximum absolute atomic E-state index is 13.4. The molecule has 184 valence electrons. The number of ether oxygens (including phenoxy) is 4. The molecule has 5 rings (SSSR count). The van der Waals surface area contributed by atoms with Crippen LogP contribution in [0, 0.1) is 0 Å².